The van der Waals surface area contributed by atoms with Crippen molar-refractivity contribution in [3.05, 3.63) is 15.7 Å². The zero-order valence-electron chi connectivity index (χ0n) is 8.12. The molecule has 0 bridgehead atoms. The molecule has 2 rings (SSSR count). The summed E-state index contributed by atoms with van der Waals surface area (Å²) in [4.78, 5) is 26.4. The molecule has 0 radical (unpaired) electrons. The summed E-state index contributed by atoms with van der Waals surface area (Å²) in [5, 5.41) is 4.53. The number of fused-ring (bicyclic) bond motifs is 1. The van der Waals surface area contributed by atoms with Crippen molar-refractivity contribution in [2.75, 3.05) is 5.32 Å². The molecule has 0 atom stereocenters. The molecule has 0 aromatic heterocycles. The van der Waals surface area contributed by atoms with Crippen molar-refractivity contribution >= 4 is 32.3 Å². The molecular weight excluding hydrogens is 232 g/mol. The summed E-state index contributed by atoms with van der Waals surface area (Å²) in [5.74, 6) is -0.103. The molecule has 4 nitrogen and oxygen atoms in total. The number of nitrogens with one attached hydrogen (secondary N) is 2. The molecule has 0 aliphatic carbocycles. The molecule has 2 aliphatic rings. The Hall–Kier alpha value is -1.14. The number of hydrogen-bond acceptors (Lipinski definition) is 4. The van der Waals surface area contributed by atoms with E-state index >= 15 is 0 Å². The van der Waals surface area contributed by atoms with Gasteiger partial charge in [-0.25, -0.2) is 0 Å². The molecule has 2 heterocycles. The lowest BCUT2D eigenvalue weighted by Gasteiger charge is -2.00. The summed E-state index contributed by atoms with van der Waals surface area (Å²) in [5.41, 5.74) is 0.991. The zero-order chi connectivity index (χ0) is 10.8. The lowest BCUT2D eigenvalue weighted by molar-refractivity contribution is -0.116. The molecule has 15 heavy (non-hydrogen) atoms. The van der Waals surface area contributed by atoms with Crippen molar-refractivity contribution in [2.45, 2.75) is 19.8 Å². The van der Waals surface area contributed by atoms with E-state index in [1.807, 2.05) is 12.3 Å². The first kappa shape index (κ1) is 10.4. The van der Waals surface area contributed by atoms with Crippen LogP contribution in [-0.4, -0.2) is 10.9 Å². The summed E-state index contributed by atoms with van der Waals surface area (Å²) in [6, 6.07) is 0. The van der Waals surface area contributed by atoms with E-state index in [9.17, 15) is 9.59 Å². The molecule has 0 fully saturated rings. The van der Waals surface area contributed by atoms with Gasteiger partial charge < -0.3 is 10.3 Å². The van der Waals surface area contributed by atoms with E-state index in [1.54, 1.807) is 10.3 Å². The van der Waals surface area contributed by atoms with Gasteiger partial charge in [-0.1, -0.05) is 27.6 Å². The molecule has 0 spiro atoms. The first-order valence-electron chi connectivity index (χ1n) is 4.61. The van der Waals surface area contributed by atoms with Gasteiger partial charge >= 0.3 is 0 Å². The van der Waals surface area contributed by atoms with Gasteiger partial charge in [0.15, 0.2) is 0 Å². The predicted molar refractivity (Wildman–Crippen MR) is 63.0 cm³/mol. The van der Waals surface area contributed by atoms with Crippen LogP contribution in [0.4, 0.5) is 5.69 Å². The first-order chi connectivity index (χ1) is 7.22. The molecule has 80 valence electrons. The number of amides is 1. The third-order valence-corrected chi connectivity index (χ3v) is 4.08. The average molecular weight is 242 g/mol. The largest absolute Gasteiger partial charge is 0.320 e. The van der Waals surface area contributed by atoms with Crippen molar-refractivity contribution < 1.29 is 4.79 Å². The number of rotatable bonds is 3. The second-order valence-electron chi connectivity index (χ2n) is 3.17. The smallest absolute Gasteiger partial charge is 0.273 e. The molecule has 1 amide bonds. The molecule has 0 saturated carbocycles. The third kappa shape index (κ3) is 1.95. The highest BCUT2D eigenvalue weighted by atomic mass is 32.9. The maximum Gasteiger partial charge on any atom is 0.273 e. The molecule has 0 aromatic carbocycles. The van der Waals surface area contributed by atoms with Crippen molar-refractivity contribution in [2.24, 2.45) is 0 Å². The number of hydrogen-bond donors (Lipinski definition) is 2. The molecule has 0 saturated heterocycles. The van der Waals surface area contributed by atoms with E-state index in [2.05, 4.69) is 10.3 Å². The van der Waals surface area contributed by atoms with E-state index in [4.69, 9.17) is 0 Å². The van der Waals surface area contributed by atoms with Crippen molar-refractivity contribution in [3.8, 4) is 10.6 Å². The van der Waals surface area contributed by atoms with Crippen LogP contribution >= 0.6 is 20.7 Å². The number of anilines is 1. The van der Waals surface area contributed by atoms with Crippen LogP contribution in [0.2, 0.25) is 0 Å². The summed E-state index contributed by atoms with van der Waals surface area (Å²) in [7, 11) is 3.03. The maximum atomic E-state index is 11.5. The molecule has 2 aliphatic heterocycles. The minimum absolute atomic E-state index is 0.103. The Bertz CT molecular complexity index is 497. The van der Waals surface area contributed by atoms with Gasteiger partial charge in [0.1, 0.15) is 5.69 Å². The van der Waals surface area contributed by atoms with Gasteiger partial charge in [-0.05, 0) is 6.42 Å². The van der Waals surface area contributed by atoms with Gasteiger partial charge in [0.25, 0.3) is 5.56 Å². The van der Waals surface area contributed by atoms with Gasteiger partial charge in [-0.15, -0.1) is 0 Å². The Morgan fingerprint density at radius 1 is 1.60 bits per heavy atom. The van der Waals surface area contributed by atoms with Gasteiger partial charge in [0.05, 0.1) is 10.6 Å². The van der Waals surface area contributed by atoms with Crippen LogP contribution in [0.25, 0.3) is 10.6 Å². The minimum Gasteiger partial charge on any atom is -0.320 e. The van der Waals surface area contributed by atoms with Gasteiger partial charge in [0.2, 0.25) is 5.91 Å². The fraction of sp³-hybridized carbons (Fsp3) is 0.333. The highest BCUT2D eigenvalue weighted by molar-refractivity contribution is 7.70. The van der Waals surface area contributed by atoms with Crippen LogP contribution in [0, 0.1) is 0 Å². The standard InChI is InChI=1S/C9H10N2O2S2/c1-2-3-6(12)11-7-8-5(4-14-15-8)10-9(7)13/h4H,2-3H2,1H3,(H,10,13)(H,11,12). The van der Waals surface area contributed by atoms with E-state index in [0.717, 1.165) is 17.0 Å². The number of carbonyl (C=O) groups is 1. The summed E-state index contributed by atoms with van der Waals surface area (Å²) in [6.45, 7) is 1.93. The Morgan fingerprint density at radius 3 is 3.13 bits per heavy atom. The van der Waals surface area contributed by atoms with Crippen molar-refractivity contribution in [3.63, 3.8) is 0 Å². The van der Waals surface area contributed by atoms with E-state index in [1.165, 1.54) is 10.3 Å². The van der Waals surface area contributed by atoms with E-state index in [0.29, 0.717) is 12.1 Å². The molecule has 0 aromatic rings. The number of carbonyl (C=O) groups excluding carboxylic acids is 1. The second kappa shape index (κ2) is 4.16. The number of aromatic amines is 1. The highest BCUT2D eigenvalue weighted by Crippen LogP contribution is 2.35. The number of H-pyrrole nitrogens is 1. The van der Waals surface area contributed by atoms with Gasteiger partial charge in [-0.3, -0.25) is 9.59 Å². The summed E-state index contributed by atoms with van der Waals surface area (Å²) in [6.07, 6.45) is 1.22. The van der Waals surface area contributed by atoms with Crippen LogP contribution in [0.5, 0.6) is 0 Å². The summed E-state index contributed by atoms with van der Waals surface area (Å²) < 4.78 is 0. The SMILES string of the molecule is CCCC(=O)Nc1c2sscc-2[nH]c1=O. The lowest BCUT2D eigenvalue weighted by Crippen LogP contribution is -2.16. The maximum absolute atomic E-state index is 11.5. The number of aromatic nitrogens is 1. The van der Waals surface area contributed by atoms with Crippen LogP contribution in [0.1, 0.15) is 19.8 Å². The van der Waals surface area contributed by atoms with Crippen LogP contribution in [0.15, 0.2) is 10.2 Å². The topological polar surface area (TPSA) is 62.0 Å². The van der Waals surface area contributed by atoms with Gasteiger partial charge in [0, 0.05) is 11.8 Å². The van der Waals surface area contributed by atoms with Crippen LogP contribution in [0.3, 0.4) is 0 Å². The van der Waals surface area contributed by atoms with Crippen molar-refractivity contribution in [1.29, 1.82) is 0 Å². The highest BCUT2D eigenvalue weighted by Gasteiger charge is 2.18. The fourth-order valence-electron chi connectivity index (χ4n) is 1.31. The third-order valence-electron chi connectivity index (χ3n) is 1.99. The Kier molecular flexibility index (Phi) is 2.88. The molecule has 2 N–H and O–H groups in total. The quantitative estimate of drug-likeness (QED) is 0.811. The van der Waals surface area contributed by atoms with E-state index < -0.39 is 0 Å². The molecule has 6 heteroatoms. The second-order valence-corrected chi connectivity index (χ2v) is 5.25. The molecule has 0 unspecified atom stereocenters. The summed E-state index contributed by atoms with van der Waals surface area (Å²) >= 11 is 0. The lowest BCUT2D eigenvalue weighted by atomic mass is 10.3. The van der Waals surface area contributed by atoms with Crippen molar-refractivity contribution in [1.82, 2.24) is 4.98 Å². The average Bonchev–Trinajstić information content (AvgIpc) is 2.71. The van der Waals surface area contributed by atoms with E-state index in [-0.39, 0.29) is 11.5 Å². The Labute approximate surface area is 93.7 Å². The Balaban J connectivity index is 2.28. The van der Waals surface area contributed by atoms with Crippen LogP contribution in [-0.2, 0) is 4.79 Å². The fourth-order valence-corrected chi connectivity index (χ4v) is 3.47. The van der Waals surface area contributed by atoms with Crippen LogP contribution < -0.4 is 10.9 Å². The van der Waals surface area contributed by atoms with Gasteiger partial charge in [-0.2, -0.15) is 0 Å². The first-order valence-corrected chi connectivity index (χ1v) is 6.83. The molecular formula is C9H10N2O2S2. The monoisotopic (exact) mass is 242 g/mol. The predicted octanol–water partition coefficient (Wildman–Crippen LogP) is 2.34. The minimum atomic E-state index is -0.214. The zero-order valence-corrected chi connectivity index (χ0v) is 9.76. The normalized spacial score (nSPS) is 10.7. The Morgan fingerprint density at radius 2 is 2.40 bits per heavy atom.